The van der Waals surface area contributed by atoms with Gasteiger partial charge in [-0.1, -0.05) is 0 Å². The number of hydrogen-bond acceptors (Lipinski definition) is 3. The van der Waals surface area contributed by atoms with E-state index in [-0.39, 0.29) is 37.3 Å². The van der Waals surface area contributed by atoms with Gasteiger partial charge in [0.25, 0.3) is 0 Å². The molecule has 0 spiro atoms. The van der Waals surface area contributed by atoms with Gasteiger partial charge < -0.3 is 5.32 Å². The number of pyridine rings is 1. The number of hydrogen-bond donors (Lipinski definition) is 1. The van der Waals surface area contributed by atoms with Crippen LogP contribution in [0.15, 0.2) is 24.5 Å². The van der Waals surface area contributed by atoms with Crippen LogP contribution in [0.1, 0.15) is 24.4 Å². The summed E-state index contributed by atoms with van der Waals surface area (Å²) in [5.74, 6) is 0. The lowest BCUT2D eigenvalue weighted by Crippen LogP contribution is -2.45. The smallest absolute Gasteiger partial charge is 0.314 e. The lowest BCUT2D eigenvalue weighted by atomic mass is 10.0. The average Bonchev–Trinajstić information content (AvgIpc) is 2.40. The van der Waals surface area contributed by atoms with Crippen molar-refractivity contribution in [3.63, 3.8) is 0 Å². The summed E-state index contributed by atoms with van der Waals surface area (Å²) in [6.07, 6.45) is -1.47. The monoisotopic (exact) mass is 345 g/mol. The van der Waals surface area contributed by atoms with E-state index in [1.807, 2.05) is 12.1 Å². The standard InChI is InChI=1S/C13H18F3N3.2ClH/c14-13(15,16)4-1-12(11-2-5-17-6-3-11)19-9-7-18-8-10-19;;/h2-3,5-6,12,18H,1,4,7-10H2;2*1H/t12-;;/m1../s1. The van der Waals surface area contributed by atoms with Crippen LogP contribution in [-0.4, -0.2) is 42.2 Å². The molecule has 2 rings (SSSR count). The second kappa shape index (κ2) is 9.46. The van der Waals surface area contributed by atoms with Crippen molar-refractivity contribution in [3.8, 4) is 0 Å². The molecule has 1 fully saturated rings. The SMILES string of the molecule is Cl.Cl.FC(F)(F)CC[C@H](c1ccncc1)N1CCNCC1. The minimum Gasteiger partial charge on any atom is -0.314 e. The van der Waals surface area contributed by atoms with Gasteiger partial charge in [0.2, 0.25) is 0 Å². The van der Waals surface area contributed by atoms with E-state index in [2.05, 4.69) is 15.2 Å². The third-order valence-corrected chi connectivity index (χ3v) is 3.38. The van der Waals surface area contributed by atoms with Crippen LogP contribution < -0.4 is 5.32 Å². The maximum atomic E-state index is 12.5. The molecule has 0 amide bonds. The number of piperazine rings is 1. The van der Waals surface area contributed by atoms with Crippen molar-refractivity contribution in [2.24, 2.45) is 0 Å². The van der Waals surface area contributed by atoms with Crippen molar-refractivity contribution in [3.05, 3.63) is 30.1 Å². The molecule has 1 aromatic heterocycles. The molecule has 122 valence electrons. The zero-order valence-electron chi connectivity index (χ0n) is 11.5. The molecule has 1 aliphatic rings. The molecule has 0 saturated carbocycles. The maximum absolute atomic E-state index is 12.5. The molecule has 8 heteroatoms. The average molecular weight is 346 g/mol. The zero-order chi connectivity index (χ0) is 13.7. The highest BCUT2D eigenvalue weighted by molar-refractivity contribution is 5.85. The van der Waals surface area contributed by atoms with Gasteiger partial charge in [-0.2, -0.15) is 13.2 Å². The Morgan fingerprint density at radius 3 is 2.24 bits per heavy atom. The number of alkyl halides is 3. The van der Waals surface area contributed by atoms with Gasteiger partial charge in [0, 0.05) is 51.0 Å². The molecule has 1 N–H and O–H groups in total. The molecular formula is C13H20Cl2F3N3. The fraction of sp³-hybridized carbons (Fsp3) is 0.615. The van der Waals surface area contributed by atoms with Gasteiger partial charge in [-0.25, -0.2) is 0 Å². The minimum atomic E-state index is -4.10. The van der Waals surface area contributed by atoms with Gasteiger partial charge in [-0.3, -0.25) is 9.88 Å². The molecule has 0 bridgehead atoms. The fourth-order valence-electron chi connectivity index (χ4n) is 2.44. The first-order chi connectivity index (χ1) is 9.06. The van der Waals surface area contributed by atoms with Crippen LogP contribution in [0.2, 0.25) is 0 Å². The quantitative estimate of drug-likeness (QED) is 0.908. The van der Waals surface area contributed by atoms with Crippen molar-refractivity contribution in [2.45, 2.75) is 25.1 Å². The highest BCUT2D eigenvalue weighted by Crippen LogP contribution is 2.31. The summed E-state index contributed by atoms with van der Waals surface area (Å²) < 4.78 is 37.4. The molecule has 1 aliphatic heterocycles. The van der Waals surface area contributed by atoms with Gasteiger partial charge in [-0.15, -0.1) is 24.8 Å². The van der Waals surface area contributed by atoms with Crippen LogP contribution in [0.25, 0.3) is 0 Å². The van der Waals surface area contributed by atoms with Gasteiger partial charge >= 0.3 is 6.18 Å². The van der Waals surface area contributed by atoms with Crippen LogP contribution in [-0.2, 0) is 0 Å². The Morgan fingerprint density at radius 2 is 1.71 bits per heavy atom. The third kappa shape index (κ3) is 6.82. The van der Waals surface area contributed by atoms with Gasteiger partial charge in [0.05, 0.1) is 0 Å². The number of nitrogens with zero attached hydrogens (tertiary/aromatic N) is 2. The normalized spacial score (nSPS) is 17.5. The van der Waals surface area contributed by atoms with Crippen LogP contribution in [0.5, 0.6) is 0 Å². The second-order valence-electron chi connectivity index (χ2n) is 4.74. The molecule has 1 saturated heterocycles. The summed E-state index contributed by atoms with van der Waals surface area (Å²) in [7, 11) is 0. The van der Waals surface area contributed by atoms with E-state index in [0.29, 0.717) is 0 Å². The van der Waals surface area contributed by atoms with Crippen LogP contribution >= 0.6 is 24.8 Å². The van der Waals surface area contributed by atoms with E-state index in [1.54, 1.807) is 12.4 Å². The predicted molar refractivity (Wildman–Crippen MR) is 81.2 cm³/mol. The van der Waals surface area contributed by atoms with Crippen LogP contribution in [0.3, 0.4) is 0 Å². The van der Waals surface area contributed by atoms with Crippen molar-refractivity contribution >= 4 is 24.8 Å². The molecule has 2 heterocycles. The van der Waals surface area contributed by atoms with E-state index >= 15 is 0 Å². The molecule has 0 unspecified atom stereocenters. The second-order valence-corrected chi connectivity index (χ2v) is 4.74. The van der Waals surface area contributed by atoms with E-state index in [9.17, 15) is 13.2 Å². The van der Waals surface area contributed by atoms with E-state index < -0.39 is 12.6 Å². The third-order valence-electron chi connectivity index (χ3n) is 3.38. The molecule has 0 aromatic carbocycles. The number of nitrogens with one attached hydrogen (secondary N) is 1. The first kappa shape index (κ1) is 20.4. The van der Waals surface area contributed by atoms with Gasteiger partial charge in [0.15, 0.2) is 0 Å². The number of rotatable bonds is 4. The molecule has 21 heavy (non-hydrogen) atoms. The largest absolute Gasteiger partial charge is 0.389 e. The lowest BCUT2D eigenvalue weighted by molar-refractivity contribution is -0.138. The van der Waals surface area contributed by atoms with Crippen molar-refractivity contribution in [1.82, 2.24) is 15.2 Å². The summed E-state index contributed by atoms with van der Waals surface area (Å²) in [6.45, 7) is 3.22. The summed E-state index contributed by atoms with van der Waals surface area (Å²) in [4.78, 5) is 6.05. The maximum Gasteiger partial charge on any atom is 0.389 e. The fourth-order valence-corrected chi connectivity index (χ4v) is 2.44. The molecule has 0 aliphatic carbocycles. The summed E-state index contributed by atoms with van der Waals surface area (Å²) in [5.41, 5.74) is 0.918. The molecule has 1 atom stereocenters. The Labute approximate surface area is 135 Å². The van der Waals surface area contributed by atoms with Gasteiger partial charge in [-0.05, 0) is 24.1 Å². The Morgan fingerprint density at radius 1 is 1.14 bits per heavy atom. The highest BCUT2D eigenvalue weighted by Gasteiger charge is 2.31. The molecule has 0 radical (unpaired) electrons. The first-order valence-electron chi connectivity index (χ1n) is 6.48. The van der Waals surface area contributed by atoms with Crippen molar-refractivity contribution in [2.75, 3.05) is 26.2 Å². The highest BCUT2D eigenvalue weighted by atomic mass is 35.5. The zero-order valence-corrected chi connectivity index (χ0v) is 13.1. The Balaban J connectivity index is 0.00000200. The number of halogens is 5. The number of aromatic nitrogens is 1. The van der Waals surface area contributed by atoms with Crippen molar-refractivity contribution in [1.29, 1.82) is 0 Å². The predicted octanol–water partition coefficient (Wildman–Crippen LogP) is 3.21. The summed E-state index contributed by atoms with van der Waals surface area (Å²) in [6, 6.07) is 3.44. The van der Waals surface area contributed by atoms with Crippen LogP contribution in [0, 0.1) is 0 Å². The summed E-state index contributed by atoms with van der Waals surface area (Å²) >= 11 is 0. The topological polar surface area (TPSA) is 28.2 Å². The molecular weight excluding hydrogens is 326 g/mol. The van der Waals surface area contributed by atoms with E-state index in [1.165, 1.54) is 0 Å². The minimum absolute atomic E-state index is 0. The molecule has 1 aromatic rings. The summed E-state index contributed by atoms with van der Waals surface area (Å²) in [5, 5.41) is 3.22. The lowest BCUT2D eigenvalue weighted by Gasteiger charge is -2.35. The Bertz CT molecular complexity index is 384. The van der Waals surface area contributed by atoms with E-state index in [4.69, 9.17) is 0 Å². The molecule has 3 nitrogen and oxygen atoms in total. The van der Waals surface area contributed by atoms with Gasteiger partial charge in [0.1, 0.15) is 0 Å². The Hall–Kier alpha value is -0.560. The van der Waals surface area contributed by atoms with E-state index in [0.717, 1.165) is 31.7 Å². The first-order valence-corrected chi connectivity index (χ1v) is 6.48. The Kier molecular flexibility index (Phi) is 9.20. The van der Waals surface area contributed by atoms with Crippen molar-refractivity contribution < 1.29 is 13.2 Å². The van der Waals surface area contributed by atoms with Crippen LogP contribution in [0.4, 0.5) is 13.2 Å².